The standard InChI is InChI=1S/C16H14B2N2/c17-13-5-7-15(19-9-13)11-1-2-12(4-3-11)16-8-6-14(18)10-20-16/h1-10H,17-18H2. The summed E-state index contributed by atoms with van der Waals surface area (Å²) in [5, 5.41) is 0. The van der Waals surface area contributed by atoms with Gasteiger partial charge < -0.3 is 0 Å². The van der Waals surface area contributed by atoms with Crippen LogP contribution in [-0.4, -0.2) is 25.7 Å². The van der Waals surface area contributed by atoms with Crippen molar-refractivity contribution in [3.63, 3.8) is 0 Å². The largest absolute Gasteiger partial charge is 0.257 e. The van der Waals surface area contributed by atoms with E-state index in [1.165, 1.54) is 10.9 Å². The van der Waals surface area contributed by atoms with E-state index in [0.29, 0.717) is 0 Å². The first-order valence-electron chi connectivity index (χ1n) is 6.68. The van der Waals surface area contributed by atoms with Gasteiger partial charge >= 0.3 is 0 Å². The Morgan fingerprint density at radius 3 is 1.25 bits per heavy atom. The number of hydrogen-bond donors (Lipinski definition) is 0. The van der Waals surface area contributed by atoms with Crippen molar-refractivity contribution in [3.05, 3.63) is 60.9 Å². The van der Waals surface area contributed by atoms with Gasteiger partial charge in [-0.05, 0) is 12.1 Å². The summed E-state index contributed by atoms with van der Waals surface area (Å²) < 4.78 is 0. The van der Waals surface area contributed by atoms with Gasteiger partial charge in [0.05, 0.1) is 11.4 Å². The Hall–Kier alpha value is -2.35. The smallest absolute Gasteiger partial charge is 0.141 e. The van der Waals surface area contributed by atoms with Crippen LogP contribution in [-0.2, 0) is 0 Å². The van der Waals surface area contributed by atoms with Crippen molar-refractivity contribution in [1.29, 1.82) is 0 Å². The van der Waals surface area contributed by atoms with E-state index >= 15 is 0 Å². The summed E-state index contributed by atoms with van der Waals surface area (Å²) >= 11 is 0. The molecule has 2 heterocycles. The highest BCUT2D eigenvalue weighted by Crippen LogP contribution is 2.21. The highest BCUT2D eigenvalue weighted by Gasteiger charge is 2.02. The molecule has 2 aromatic heterocycles. The molecule has 1 aromatic carbocycles. The van der Waals surface area contributed by atoms with Gasteiger partial charge in [0.15, 0.2) is 0 Å². The Kier molecular flexibility index (Phi) is 3.38. The first-order chi connectivity index (χ1) is 9.72. The monoisotopic (exact) mass is 256 g/mol. The lowest BCUT2D eigenvalue weighted by atomic mass is 9.97. The molecule has 0 saturated heterocycles. The van der Waals surface area contributed by atoms with E-state index in [-0.39, 0.29) is 0 Å². The summed E-state index contributed by atoms with van der Waals surface area (Å²) in [5.41, 5.74) is 6.60. The molecule has 0 aliphatic carbocycles. The maximum atomic E-state index is 4.45. The normalized spacial score (nSPS) is 10.4. The fourth-order valence-corrected chi connectivity index (χ4v) is 2.09. The number of benzene rings is 1. The van der Waals surface area contributed by atoms with Crippen LogP contribution in [0.25, 0.3) is 22.5 Å². The van der Waals surface area contributed by atoms with Gasteiger partial charge in [-0.3, -0.25) is 9.97 Å². The molecule has 0 aliphatic rings. The SMILES string of the molecule is Bc1ccc(-c2ccc(-c3ccc(B)cn3)cc2)nc1. The minimum atomic E-state index is 0.999. The number of hydrogen-bond acceptors (Lipinski definition) is 2. The van der Waals surface area contributed by atoms with Crippen molar-refractivity contribution in [2.24, 2.45) is 0 Å². The number of rotatable bonds is 2. The van der Waals surface area contributed by atoms with Crippen LogP contribution in [0.2, 0.25) is 0 Å². The van der Waals surface area contributed by atoms with E-state index < -0.39 is 0 Å². The Bertz CT molecular complexity index is 640. The van der Waals surface area contributed by atoms with Gasteiger partial charge in [-0.1, -0.05) is 47.3 Å². The van der Waals surface area contributed by atoms with Crippen LogP contribution in [0.4, 0.5) is 0 Å². The second kappa shape index (κ2) is 5.33. The average Bonchev–Trinajstić information content (AvgIpc) is 2.49. The van der Waals surface area contributed by atoms with Gasteiger partial charge in [0.2, 0.25) is 0 Å². The molecule has 0 bridgehead atoms. The molecule has 20 heavy (non-hydrogen) atoms. The lowest BCUT2D eigenvalue weighted by molar-refractivity contribution is 1.33. The van der Waals surface area contributed by atoms with Crippen LogP contribution in [0, 0.1) is 0 Å². The Labute approximate surface area is 120 Å². The second-order valence-corrected chi connectivity index (χ2v) is 5.02. The van der Waals surface area contributed by atoms with E-state index in [2.05, 4.69) is 58.5 Å². The second-order valence-electron chi connectivity index (χ2n) is 5.02. The van der Waals surface area contributed by atoms with Gasteiger partial charge in [-0.25, -0.2) is 0 Å². The molecule has 0 aliphatic heterocycles. The van der Waals surface area contributed by atoms with E-state index in [1.807, 2.05) is 28.1 Å². The summed E-state index contributed by atoms with van der Waals surface area (Å²) in [6.45, 7) is 0. The van der Waals surface area contributed by atoms with Crippen LogP contribution in [0.3, 0.4) is 0 Å². The molecule has 0 saturated carbocycles. The summed E-state index contributed by atoms with van der Waals surface area (Å²) in [6, 6.07) is 16.6. The quantitative estimate of drug-likeness (QED) is 0.617. The molecule has 0 N–H and O–H groups in total. The van der Waals surface area contributed by atoms with Crippen LogP contribution in [0.5, 0.6) is 0 Å². The van der Waals surface area contributed by atoms with E-state index in [1.54, 1.807) is 0 Å². The third-order valence-electron chi connectivity index (χ3n) is 3.30. The minimum Gasteiger partial charge on any atom is -0.257 e. The topological polar surface area (TPSA) is 25.8 Å². The van der Waals surface area contributed by atoms with Crippen LogP contribution in [0.1, 0.15) is 0 Å². The Balaban J connectivity index is 1.91. The summed E-state index contributed by atoms with van der Waals surface area (Å²) in [5.74, 6) is 0. The minimum absolute atomic E-state index is 0.999. The van der Waals surface area contributed by atoms with Gasteiger partial charge in [-0.15, -0.1) is 0 Å². The molecule has 3 rings (SSSR count). The number of nitrogens with zero attached hydrogens (tertiary/aromatic N) is 2. The van der Waals surface area contributed by atoms with Crippen molar-refractivity contribution in [2.45, 2.75) is 0 Å². The first kappa shape index (κ1) is 12.7. The zero-order valence-electron chi connectivity index (χ0n) is 11.7. The van der Waals surface area contributed by atoms with Crippen LogP contribution < -0.4 is 10.9 Å². The zero-order valence-corrected chi connectivity index (χ0v) is 11.7. The first-order valence-corrected chi connectivity index (χ1v) is 6.68. The maximum absolute atomic E-state index is 4.45. The van der Waals surface area contributed by atoms with Gasteiger partial charge in [0.25, 0.3) is 0 Å². The lowest BCUT2D eigenvalue weighted by Crippen LogP contribution is -2.02. The summed E-state index contributed by atoms with van der Waals surface area (Å²) in [6.07, 6.45) is 3.79. The summed E-state index contributed by atoms with van der Waals surface area (Å²) in [4.78, 5) is 8.89. The van der Waals surface area contributed by atoms with Crippen molar-refractivity contribution >= 4 is 26.6 Å². The van der Waals surface area contributed by atoms with Gasteiger partial charge in [-0.2, -0.15) is 0 Å². The number of aromatic nitrogens is 2. The molecule has 94 valence electrons. The molecule has 4 heteroatoms. The molecule has 0 spiro atoms. The lowest BCUT2D eigenvalue weighted by Gasteiger charge is -2.04. The van der Waals surface area contributed by atoms with Gasteiger partial charge in [0.1, 0.15) is 15.7 Å². The molecule has 0 fully saturated rings. The van der Waals surface area contributed by atoms with Crippen LogP contribution >= 0.6 is 0 Å². The van der Waals surface area contributed by atoms with E-state index in [4.69, 9.17) is 0 Å². The Morgan fingerprint density at radius 1 is 0.550 bits per heavy atom. The fraction of sp³-hybridized carbons (Fsp3) is 0. The molecule has 0 unspecified atom stereocenters. The molecule has 0 atom stereocenters. The fourth-order valence-electron chi connectivity index (χ4n) is 2.09. The highest BCUT2D eigenvalue weighted by molar-refractivity contribution is 6.32. The highest BCUT2D eigenvalue weighted by atomic mass is 14.7. The summed E-state index contributed by atoms with van der Waals surface area (Å²) in [7, 11) is 4.09. The maximum Gasteiger partial charge on any atom is 0.141 e. The van der Waals surface area contributed by atoms with E-state index in [0.717, 1.165) is 22.5 Å². The molecule has 0 radical (unpaired) electrons. The Morgan fingerprint density at radius 2 is 0.950 bits per heavy atom. The van der Waals surface area contributed by atoms with Gasteiger partial charge in [0, 0.05) is 23.5 Å². The average molecular weight is 256 g/mol. The van der Waals surface area contributed by atoms with Crippen LogP contribution in [0.15, 0.2) is 60.9 Å². The van der Waals surface area contributed by atoms with Crippen molar-refractivity contribution in [2.75, 3.05) is 0 Å². The predicted octanol–water partition coefficient (Wildman–Crippen LogP) is 0.327. The van der Waals surface area contributed by atoms with Crippen molar-refractivity contribution in [1.82, 2.24) is 9.97 Å². The molecule has 2 nitrogen and oxygen atoms in total. The van der Waals surface area contributed by atoms with Crippen molar-refractivity contribution < 1.29 is 0 Å². The number of pyridine rings is 2. The molecule has 3 aromatic rings. The zero-order chi connectivity index (χ0) is 13.9. The third-order valence-corrected chi connectivity index (χ3v) is 3.30. The van der Waals surface area contributed by atoms with Crippen molar-refractivity contribution in [3.8, 4) is 22.5 Å². The molecular weight excluding hydrogens is 242 g/mol. The third kappa shape index (κ3) is 2.64. The molecule has 0 amide bonds. The molecular formula is C16H14B2N2. The van der Waals surface area contributed by atoms with E-state index in [9.17, 15) is 0 Å². The predicted molar refractivity (Wildman–Crippen MR) is 89.3 cm³/mol.